The number of benzene rings is 2. The maximum absolute atomic E-state index is 11.9. The zero-order valence-electron chi connectivity index (χ0n) is 12.7. The number of rotatable bonds is 4. The first-order chi connectivity index (χ1) is 11.2. The quantitative estimate of drug-likeness (QED) is 0.571. The standard InChI is InChI=1S/C17H17N5O/c1-2-12-8-6-7-11-14(12)15-19-16(21-17(23)20-15)22(18)13-9-4-3-5-10-13/h3-11H,2,18H2,1H3,(H,19,20,21,23). The Kier molecular flexibility index (Phi) is 4.16. The number of nitrogens with one attached hydrogen (secondary N) is 1. The van der Waals surface area contributed by atoms with Gasteiger partial charge in [0.05, 0.1) is 5.69 Å². The summed E-state index contributed by atoms with van der Waals surface area (Å²) in [6.07, 6.45) is 0.836. The lowest BCUT2D eigenvalue weighted by atomic mass is 10.1. The van der Waals surface area contributed by atoms with Crippen molar-refractivity contribution >= 4 is 11.6 Å². The molecule has 1 heterocycles. The molecule has 1 aromatic heterocycles. The highest BCUT2D eigenvalue weighted by Gasteiger charge is 2.13. The Bertz CT molecular complexity index is 860. The van der Waals surface area contributed by atoms with Crippen molar-refractivity contribution in [2.24, 2.45) is 5.84 Å². The molecule has 0 aliphatic heterocycles. The summed E-state index contributed by atoms with van der Waals surface area (Å²) >= 11 is 0. The molecule has 23 heavy (non-hydrogen) atoms. The zero-order valence-corrected chi connectivity index (χ0v) is 12.7. The number of aromatic nitrogens is 3. The second-order valence-corrected chi connectivity index (χ2v) is 5.02. The molecule has 0 aliphatic carbocycles. The molecule has 0 atom stereocenters. The molecule has 3 N–H and O–H groups in total. The van der Waals surface area contributed by atoms with Crippen LogP contribution in [-0.2, 0) is 6.42 Å². The molecule has 3 rings (SSSR count). The van der Waals surface area contributed by atoms with Gasteiger partial charge >= 0.3 is 5.69 Å². The number of nitrogens with two attached hydrogens (primary N) is 1. The van der Waals surface area contributed by atoms with Crippen LogP contribution in [0.15, 0.2) is 59.4 Å². The van der Waals surface area contributed by atoms with Crippen molar-refractivity contribution in [2.45, 2.75) is 13.3 Å². The number of aromatic amines is 1. The van der Waals surface area contributed by atoms with E-state index in [0.29, 0.717) is 11.5 Å². The number of H-pyrrole nitrogens is 1. The van der Waals surface area contributed by atoms with Crippen LogP contribution in [0.4, 0.5) is 11.6 Å². The van der Waals surface area contributed by atoms with E-state index in [1.54, 1.807) is 0 Å². The molecular weight excluding hydrogens is 290 g/mol. The van der Waals surface area contributed by atoms with E-state index in [-0.39, 0.29) is 5.95 Å². The van der Waals surface area contributed by atoms with E-state index in [1.165, 1.54) is 5.01 Å². The van der Waals surface area contributed by atoms with E-state index in [9.17, 15) is 4.79 Å². The fourth-order valence-corrected chi connectivity index (χ4v) is 2.37. The van der Waals surface area contributed by atoms with Crippen LogP contribution in [0.3, 0.4) is 0 Å². The Balaban J connectivity index is 2.08. The highest BCUT2D eigenvalue weighted by atomic mass is 16.1. The van der Waals surface area contributed by atoms with Crippen molar-refractivity contribution in [2.75, 3.05) is 5.01 Å². The van der Waals surface area contributed by atoms with Crippen LogP contribution in [0.5, 0.6) is 0 Å². The number of nitrogens with zero attached hydrogens (tertiary/aromatic N) is 3. The van der Waals surface area contributed by atoms with E-state index < -0.39 is 5.69 Å². The van der Waals surface area contributed by atoms with E-state index in [4.69, 9.17) is 5.84 Å². The average molecular weight is 307 g/mol. The van der Waals surface area contributed by atoms with Crippen LogP contribution in [0.25, 0.3) is 11.4 Å². The first-order valence-electron chi connectivity index (χ1n) is 7.35. The van der Waals surface area contributed by atoms with Gasteiger partial charge in [0.25, 0.3) is 5.95 Å². The lowest BCUT2D eigenvalue weighted by molar-refractivity contribution is 0.916. The second kappa shape index (κ2) is 6.41. The van der Waals surface area contributed by atoms with E-state index in [2.05, 4.69) is 21.9 Å². The molecule has 116 valence electrons. The summed E-state index contributed by atoms with van der Waals surface area (Å²) in [4.78, 5) is 22.9. The van der Waals surface area contributed by atoms with Gasteiger partial charge in [0.2, 0.25) is 0 Å². The SMILES string of the molecule is CCc1ccccc1-c1nc(N(N)c2ccccc2)nc(=O)[nH]1. The molecule has 6 heteroatoms. The summed E-state index contributed by atoms with van der Waals surface area (Å²) < 4.78 is 0. The maximum atomic E-state index is 11.9. The monoisotopic (exact) mass is 307 g/mol. The normalized spacial score (nSPS) is 10.5. The van der Waals surface area contributed by atoms with E-state index in [0.717, 1.165) is 17.5 Å². The molecule has 2 aromatic carbocycles. The Morgan fingerprint density at radius 3 is 2.48 bits per heavy atom. The summed E-state index contributed by atoms with van der Waals surface area (Å²) in [5, 5.41) is 1.30. The average Bonchev–Trinajstić information content (AvgIpc) is 2.61. The van der Waals surface area contributed by atoms with Gasteiger partial charge in [-0.2, -0.15) is 9.97 Å². The molecule has 0 aliphatic rings. The lowest BCUT2D eigenvalue weighted by Gasteiger charge is -2.16. The van der Waals surface area contributed by atoms with Gasteiger partial charge in [-0.3, -0.25) is 4.98 Å². The van der Waals surface area contributed by atoms with Crippen LogP contribution < -0.4 is 16.5 Å². The number of aryl methyl sites for hydroxylation is 1. The van der Waals surface area contributed by atoms with Crippen LogP contribution in [0, 0.1) is 0 Å². The van der Waals surface area contributed by atoms with Crippen molar-refractivity contribution in [3.8, 4) is 11.4 Å². The van der Waals surface area contributed by atoms with Crippen LogP contribution in [-0.4, -0.2) is 15.0 Å². The largest absolute Gasteiger partial charge is 0.349 e. The van der Waals surface area contributed by atoms with Gasteiger partial charge in [-0.05, 0) is 24.1 Å². The molecule has 0 bridgehead atoms. The summed E-state index contributed by atoms with van der Waals surface area (Å²) in [5.41, 5.74) is 2.18. The van der Waals surface area contributed by atoms with Crippen LogP contribution in [0.2, 0.25) is 0 Å². The first-order valence-corrected chi connectivity index (χ1v) is 7.35. The number of hydrogen-bond acceptors (Lipinski definition) is 5. The summed E-state index contributed by atoms with van der Waals surface area (Å²) in [7, 11) is 0. The molecule has 0 spiro atoms. The van der Waals surface area contributed by atoms with E-state index >= 15 is 0 Å². The van der Waals surface area contributed by atoms with Gasteiger partial charge in [0.1, 0.15) is 5.82 Å². The highest BCUT2D eigenvalue weighted by Crippen LogP contribution is 2.22. The van der Waals surface area contributed by atoms with Crippen molar-refractivity contribution in [1.29, 1.82) is 0 Å². The third-order valence-corrected chi connectivity index (χ3v) is 3.54. The Labute approximate surface area is 133 Å². The van der Waals surface area contributed by atoms with Gasteiger partial charge < -0.3 is 0 Å². The van der Waals surface area contributed by atoms with Gasteiger partial charge in [-0.15, -0.1) is 0 Å². The zero-order chi connectivity index (χ0) is 16.2. The molecule has 0 radical (unpaired) electrons. The first kappa shape index (κ1) is 14.9. The second-order valence-electron chi connectivity index (χ2n) is 5.02. The fourth-order valence-electron chi connectivity index (χ4n) is 2.37. The van der Waals surface area contributed by atoms with Gasteiger partial charge in [-0.25, -0.2) is 15.6 Å². The Morgan fingerprint density at radius 2 is 1.74 bits per heavy atom. The maximum Gasteiger partial charge on any atom is 0.349 e. The van der Waals surface area contributed by atoms with Gasteiger partial charge in [-0.1, -0.05) is 49.4 Å². The fraction of sp³-hybridized carbons (Fsp3) is 0.118. The summed E-state index contributed by atoms with van der Waals surface area (Å²) in [6, 6.07) is 17.0. The lowest BCUT2D eigenvalue weighted by Crippen LogP contribution is -2.30. The minimum Gasteiger partial charge on any atom is -0.290 e. The number of anilines is 2. The van der Waals surface area contributed by atoms with Gasteiger partial charge in [0, 0.05) is 5.56 Å². The predicted molar refractivity (Wildman–Crippen MR) is 90.2 cm³/mol. The minimum absolute atomic E-state index is 0.154. The molecule has 0 saturated carbocycles. The smallest absolute Gasteiger partial charge is 0.290 e. The molecule has 3 aromatic rings. The molecule has 0 unspecified atom stereocenters. The highest BCUT2D eigenvalue weighted by molar-refractivity contribution is 5.62. The Hall–Kier alpha value is -2.99. The van der Waals surface area contributed by atoms with Crippen LogP contribution >= 0.6 is 0 Å². The topological polar surface area (TPSA) is 87.9 Å². The number of hydrogen-bond donors (Lipinski definition) is 2. The minimum atomic E-state index is -0.484. The van der Waals surface area contributed by atoms with Crippen molar-refractivity contribution < 1.29 is 0 Å². The molecule has 0 fully saturated rings. The summed E-state index contributed by atoms with van der Waals surface area (Å²) in [6.45, 7) is 2.05. The Morgan fingerprint density at radius 1 is 1.04 bits per heavy atom. The van der Waals surface area contributed by atoms with E-state index in [1.807, 2.05) is 54.6 Å². The van der Waals surface area contributed by atoms with Crippen molar-refractivity contribution in [3.63, 3.8) is 0 Å². The molecular formula is C17H17N5O. The number of hydrazine groups is 1. The molecule has 0 saturated heterocycles. The third-order valence-electron chi connectivity index (χ3n) is 3.54. The van der Waals surface area contributed by atoms with Crippen molar-refractivity contribution in [1.82, 2.24) is 15.0 Å². The van der Waals surface area contributed by atoms with Gasteiger partial charge in [0.15, 0.2) is 0 Å². The van der Waals surface area contributed by atoms with Crippen LogP contribution in [0.1, 0.15) is 12.5 Å². The molecule has 0 amide bonds. The predicted octanol–water partition coefficient (Wildman–Crippen LogP) is 2.41. The number of para-hydroxylation sites is 1. The summed E-state index contributed by atoms with van der Waals surface area (Å²) in [5.74, 6) is 6.67. The van der Waals surface area contributed by atoms with Crippen molar-refractivity contribution in [3.05, 3.63) is 70.6 Å². The third kappa shape index (κ3) is 3.12. The molecule has 6 nitrogen and oxygen atoms in total.